The molecule has 0 atom stereocenters. The molecule has 18 heavy (non-hydrogen) atoms. The van der Waals surface area contributed by atoms with Gasteiger partial charge in [-0.2, -0.15) is 0 Å². The molecule has 96 valence electrons. The van der Waals surface area contributed by atoms with E-state index in [4.69, 9.17) is 5.73 Å². The monoisotopic (exact) mass is 260 g/mol. The van der Waals surface area contributed by atoms with Crippen molar-refractivity contribution in [1.82, 2.24) is 0 Å². The predicted octanol–water partition coefficient (Wildman–Crippen LogP) is 3.19. The molecule has 2 nitrogen and oxygen atoms in total. The number of hydrogen-bond donors (Lipinski definition) is 1. The van der Waals surface area contributed by atoms with Gasteiger partial charge in [0.05, 0.1) is 0 Å². The summed E-state index contributed by atoms with van der Waals surface area (Å²) in [6.07, 6.45) is 1.09. The highest BCUT2D eigenvalue weighted by molar-refractivity contribution is 7.09. The molecular formula is C15H20N2S. The van der Waals surface area contributed by atoms with Crippen LogP contribution in [-0.4, -0.2) is 13.6 Å². The Morgan fingerprint density at radius 1 is 1.28 bits per heavy atom. The van der Waals surface area contributed by atoms with Gasteiger partial charge in [-0.25, -0.2) is 0 Å². The van der Waals surface area contributed by atoms with Crippen LogP contribution in [0.15, 0.2) is 35.7 Å². The molecule has 2 rings (SSSR count). The fraction of sp³-hybridized carbons (Fsp3) is 0.333. The van der Waals surface area contributed by atoms with E-state index < -0.39 is 0 Å². The molecule has 0 amide bonds. The molecule has 3 heteroatoms. The molecule has 0 spiro atoms. The van der Waals surface area contributed by atoms with Gasteiger partial charge in [-0.3, -0.25) is 0 Å². The second kappa shape index (κ2) is 6.03. The van der Waals surface area contributed by atoms with E-state index in [2.05, 4.69) is 54.6 Å². The van der Waals surface area contributed by atoms with E-state index in [-0.39, 0.29) is 0 Å². The van der Waals surface area contributed by atoms with Crippen molar-refractivity contribution >= 4 is 17.0 Å². The second-order valence-corrected chi connectivity index (χ2v) is 5.62. The van der Waals surface area contributed by atoms with Gasteiger partial charge in [0.2, 0.25) is 0 Å². The quantitative estimate of drug-likeness (QED) is 0.894. The van der Waals surface area contributed by atoms with Crippen molar-refractivity contribution < 1.29 is 0 Å². The molecule has 2 aromatic rings. The van der Waals surface area contributed by atoms with E-state index in [1.165, 1.54) is 21.7 Å². The van der Waals surface area contributed by atoms with Crippen LogP contribution in [-0.2, 0) is 13.0 Å². The SMILES string of the molecule is Cc1ccc(N(C)CCc2cccs2)c(CN)c1. The molecule has 1 aromatic heterocycles. The molecule has 0 radical (unpaired) electrons. The van der Waals surface area contributed by atoms with Crippen LogP contribution in [0, 0.1) is 6.92 Å². The number of anilines is 1. The molecule has 0 fully saturated rings. The van der Waals surface area contributed by atoms with Gasteiger partial charge < -0.3 is 10.6 Å². The topological polar surface area (TPSA) is 29.3 Å². The second-order valence-electron chi connectivity index (χ2n) is 4.59. The maximum absolute atomic E-state index is 5.82. The fourth-order valence-corrected chi connectivity index (χ4v) is 2.80. The minimum absolute atomic E-state index is 0.598. The van der Waals surface area contributed by atoms with Gasteiger partial charge in [0.25, 0.3) is 0 Å². The van der Waals surface area contributed by atoms with Crippen molar-refractivity contribution in [2.24, 2.45) is 5.73 Å². The highest BCUT2D eigenvalue weighted by Gasteiger charge is 2.07. The first-order chi connectivity index (χ1) is 8.70. The number of aryl methyl sites for hydroxylation is 1. The smallest absolute Gasteiger partial charge is 0.0409 e. The summed E-state index contributed by atoms with van der Waals surface area (Å²) in [4.78, 5) is 3.73. The molecular weight excluding hydrogens is 240 g/mol. The Morgan fingerprint density at radius 3 is 2.78 bits per heavy atom. The molecule has 0 unspecified atom stereocenters. The summed E-state index contributed by atoms with van der Waals surface area (Å²) >= 11 is 1.82. The number of thiophene rings is 1. The Bertz CT molecular complexity index is 491. The lowest BCUT2D eigenvalue weighted by Gasteiger charge is -2.22. The third kappa shape index (κ3) is 3.12. The van der Waals surface area contributed by atoms with Crippen LogP contribution >= 0.6 is 11.3 Å². The highest BCUT2D eigenvalue weighted by Crippen LogP contribution is 2.21. The summed E-state index contributed by atoms with van der Waals surface area (Å²) in [5, 5.41) is 2.13. The standard InChI is InChI=1S/C15H20N2S/c1-12-5-6-15(13(10-12)11-16)17(2)8-7-14-4-3-9-18-14/h3-6,9-10H,7-8,11,16H2,1-2H3. The number of benzene rings is 1. The lowest BCUT2D eigenvalue weighted by molar-refractivity contribution is 0.874. The van der Waals surface area contributed by atoms with E-state index >= 15 is 0 Å². The molecule has 0 aliphatic rings. The van der Waals surface area contributed by atoms with Gasteiger partial charge in [-0.1, -0.05) is 23.8 Å². The third-order valence-electron chi connectivity index (χ3n) is 3.14. The van der Waals surface area contributed by atoms with Gasteiger partial charge in [0.15, 0.2) is 0 Å². The largest absolute Gasteiger partial charge is 0.374 e. The average molecular weight is 260 g/mol. The zero-order chi connectivity index (χ0) is 13.0. The lowest BCUT2D eigenvalue weighted by atomic mass is 10.1. The van der Waals surface area contributed by atoms with Gasteiger partial charge in [0.1, 0.15) is 0 Å². The minimum atomic E-state index is 0.598. The van der Waals surface area contributed by atoms with Gasteiger partial charge in [-0.05, 0) is 36.4 Å². The van der Waals surface area contributed by atoms with Crippen LogP contribution < -0.4 is 10.6 Å². The Kier molecular flexibility index (Phi) is 4.39. The maximum atomic E-state index is 5.82. The molecule has 2 N–H and O–H groups in total. The number of nitrogens with zero attached hydrogens (tertiary/aromatic N) is 1. The Morgan fingerprint density at radius 2 is 2.11 bits per heavy atom. The minimum Gasteiger partial charge on any atom is -0.374 e. The summed E-state index contributed by atoms with van der Waals surface area (Å²) in [5.74, 6) is 0. The zero-order valence-corrected chi connectivity index (χ0v) is 11.8. The van der Waals surface area contributed by atoms with Crippen LogP contribution in [0.4, 0.5) is 5.69 Å². The normalized spacial score (nSPS) is 10.6. The molecule has 0 saturated heterocycles. The van der Waals surface area contributed by atoms with Crippen LogP contribution in [0.1, 0.15) is 16.0 Å². The summed E-state index contributed by atoms with van der Waals surface area (Å²) in [6, 6.07) is 10.8. The Hall–Kier alpha value is -1.32. The van der Waals surface area contributed by atoms with E-state index in [1.54, 1.807) is 0 Å². The van der Waals surface area contributed by atoms with Crippen LogP contribution in [0.2, 0.25) is 0 Å². The molecule has 0 aliphatic heterocycles. The van der Waals surface area contributed by atoms with Gasteiger partial charge >= 0.3 is 0 Å². The van der Waals surface area contributed by atoms with E-state index in [0.29, 0.717) is 6.54 Å². The van der Waals surface area contributed by atoms with Crippen molar-refractivity contribution in [3.8, 4) is 0 Å². The summed E-state index contributed by atoms with van der Waals surface area (Å²) in [6.45, 7) is 3.73. The molecule has 0 bridgehead atoms. The first-order valence-corrected chi connectivity index (χ1v) is 7.12. The molecule has 1 aromatic carbocycles. The summed E-state index contributed by atoms with van der Waals surface area (Å²) < 4.78 is 0. The van der Waals surface area contributed by atoms with Crippen molar-refractivity contribution in [2.45, 2.75) is 19.9 Å². The number of nitrogens with two attached hydrogens (primary N) is 1. The molecule has 1 heterocycles. The van der Waals surface area contributed by atoms with Crippen molar-refractivity contribution in [3.63, 3.8) is 0 Å². The van der Waals surface area contributed by atoms with Gasteiger partial charge in [0, 0.05) is 30.7 Å². The highest BCUT2D eigenvalue weighted by atomic mass is 32.1. The summed E-state index contributed by atoms with van der Waals surface area (Å²) in [5.41, 5.74) is 9.57. The van der Waals surface area contributed by atoms with Crippen LogP contribution in [0.5, 0.6) is 0 Å². The van der Waals surface area contributed by atoms with Crippen molar-refractivity contribution in [3.05, 3.63) is 51.7 Å². The predicted molar refractivity (Wildman–Crippen MR) is 80.4 cm³/mol. The Labute approximate surface area is 113 Å². The number of likely N-dealkylation sites (N-methyl/N-ethyl adjacent to an activating group) is 1. The zero-order valence-electron chi connectivity index (χ0n) is 11.0. The van der Waals surface area contributed by atoms with E-state index in [9.17, 15) is 0 Å². The average Bonchev–Trinajstić information content (AvgIpc) is 2.88. The molecule has 0 aliphatic carbocycles. The van der Waals surface area contributed by atoms with Crippen molar-refractivity contribution in [1.29, 1.82) is 0 Å². The maximum Gasteiger partial charge on any atom is 0.0409 e. The van der Waals surface area contributed by atoms with Gasteiger partial charge in [-0.15, -0.1) is 11.3 Å². The number of hydrogen-bond acceptors (Lipinski definition) is 3. The lowest BCUT2D eigenvalue weighted by Crippen LogP contribution is -2.22. The van der Waals surface area contributed by atoms with Crippen molar-refractivity contribution in [2.75, 3.05) is 18.5 Å². The summed E-state index contributed by atoms with van der Waals surface area (Å²) in [7, 11) is 2.14. The number of rotatable bonds is 5. The van der Waals surface area contributed by atoms with E-state index in [0.717, 1.165) is 13.0 Å². The van der Waals surface area contributed by atoms with Crippen LogP contribution in [0.25, 0.3) is 0 Å². The first-order valence-electron chi connectivity index (χ1n) is 6.24. The van der Waals surface area contributed by atoms with E-state index in [1.807, 2.05) is 11.3 Å². The fourth-order valence-electron chi connectivity index (χ4n) is 2.10. The first kappa shape index (κ1) is 13.1. The van der Waals surface area contributed by atoms with Crippen LogP contribution in [0.3, 0.4) is 0 Å². The third-order valence-corrected chi connectivity index (χ3v) is 4.08. The molecule has 0 saturated carbocycles. The Balaban J connectivity index is 2.06.